The van der Waals surface area contributed by atoms with E-state index < -0.39 is 0 Å². The number of rotatable bonds is 1. The Morgan fingerprint density at radius 3 is 2.65 bits per heavy atom. The summed E-state index contributed by atoms with van der Waals surface area (Å²) in [5, 5.41) is 0.483. The first kappa shape index (κ1) is 13.4. The zero-order valence-electron chi connectivity index (χ0n) is 12.0. The molecule has 1 aliphatic rings. The maximum Gasteiger partial charge on any atom is 0.172 e. The molecular weight excluding hydrogens is 270 g/mol. The van der Waals surface area contributed by atoms with Gasteiger partial charge in [0.1, 0.15) is 0 Å². The Hall–Kier alpha value is -1.61. The zero-order chi connectivity index (χ0) is 14.3. The number of hydrogen-bond donors (Lipinski definition) is 0. The third kappa shape index (κ3) is 2.16. The van der Waals surface area contributed by atoms with Gasteiger partial charge in [-0.05, 0) is 45.2 Å². The van der Waals surface area contributed by atoms with E-state index in [-0.39, 0.29) is 0 Å². The molecule has 0 radical (unpaired) electrons. The van der Waals surface area contributed by atoms with Gasteiger partial charge >= 0.3 is 0 Å². The fourth-order valence-corrected chi connectivity index (χ4v) is 2.99. The molecule has 0 fully saturated rings. The van der Waals surface area contributed by atoms with Crippen LogP contribution < -0.4 is 4.90 Å². The number of para-hydroxylation sites is 1. The topological polar surface area (TPSA) is 29.0 Å². The molecule has 1 aliphatic heterocycles. The van der Waals surface area contributed by atoms with Crippen LogP contribution in [0.3, 0.4) is 0 Å². The molecule has 2 heterocycles. The molecule has 4 heteroatoms. The highest BCUT2D eigenvalue weighted by Gasteiger charge is 2.27. The molecule has 0 aliphatic carbocycles. The Morgan fingerprint density at radius 2 is 1.85 bits per heavy atom. The highest BCUT2D eigenvalue weighted by Crippen LogP contribution is 2.38. The number of anilines is 2. The summed E-state index contributed by atoms with van der Waals surface area (Å²) in [5.74, 6) is 0.773. The Balaban J connectivity index is 2.16. The molecule has 1 aromatic carbocycles. The molecule has 3 nitrogen and oxygen atoms in total. The normalized spacial score (nSPS) is 18.0. The number of halogens is 1. The number of benzene rings is 1. The molecule has 0 amide bonds. The van der Waals surface area contributed by atoms with E-state index in [4.69, 9.17) is 11.6 Å². The van der Waals surface area contributed by atoms with Gasteiger partial charge in [0.05, 0.1) is 11.4 Å². The van der Waals surface area contributed by atoms with Gasteiger partial charge in [-0.25, -0.2) is 9.97 Å². The smallest absolute Gasteiger partial charge is 0.172 e. The molecule has 20 heavy (non-hydrogen) atoms. The van der Waals surface area contributed by atoms with Crippen molar-refractivity contribution in [1.82, 2.24) is 9.97 Å². The Morgan fingerprint density at radius 1 is 1.15 bits per heavy atom. The number of aromatic nitrogens is 2. The summed E-state index contributed by atoms with van der Waals surface area (Å²) < 4.78 is 0. The summed E-state index contributed by atoms with van der Waals surface area (Å²) >= 11 is 6.35. The lowest BCUT2D eigenvalue weighted by atomic mass is 9.97. The fraction of sp³-hybridized carbons (Fsp3) is 0.375. The summed E-state index contributed by atoms with van der Waals surface area (Å²) in [6, 6.07) is 8.83. The highest BCUT2D eigenvalue weighted by molar-refractivity contribution is 6.31. The van der Waals surface area contributed by atoms with Crippen LogP contribution in [0.1, 0.15) is 30.3 Å². The molecule has 0 bridgehead atoms. The van der Waals surface area contributed by atoms with Gasteiger partial charge in [0, 0.05) is 11.7 Å². The van der Waals surface area contributed by atoms with E-state index >= 15 is 0 Å². The molecule has 2 aromatic rings. The van der Waals surface area contributed by atoms with E-state index in [2.05, 4.69) is 46.1 Å². The van der Waals surface area contributed by atoms with Gasteiger partial charge < -0.3 is 4.90 Å². The molecule has 0 saturated heterocycles. The molecule has 1 atom stereocenters. The molecular formula is C16H18ClN3. The number of fused-ring (bicyclic) bond motifs is 1. The molecule has 3 rings (SSSR count). The lowest BCUT2D eigenvalue weighted by molar-refractivity contribution is 0.612. The van der Waals surface area contributed by atoms with Gasteiger partial charge in [0.2, 0.25) is 0 Å². The minimum Gasteiger partial charge on any atom is -0.321 e. The second-order valence-electron chi connectivity index (χ2n) is 5.40. The minimum absolute atomic E-state index is 0.374. The Labute approximate surface area is 124 Å². The van der Waals surface area contributed by atoms with Crippen LogP contribution in [0.5, 0.6) is 0 Å². The van der Waals surface area contributed by atoms with E-state index in [0.717, 1.165) is 30.0 Å². The van der Waals surface area contributed by atoms with Gasteiger partial charge in [-0.15, -0.1) is 0 Å². The molecule has 0 N–H and O–H groups in total. The number of nitrogens with zero attached hydrogens (tertiary/aromatic N) is 3. The van der Waals surface area contributed by atoms with Crippen molar-refractivity contribution in [2.45, 2.75) is 39.7 Å². The van der Waals surface area contributed by atoms with Gasteiger partial charge in [0.15, 0.2) is 11.0 Å². The second kappa shape index (κ2) is 5.06. The van der Waals surface area contributed by atoms with Crippen molar-refractivity contribution in [3.63, 3.8) is 0 Å². The van der Waals surface area contributed by atoms with Crippen LogP contribution in [-0.4, -0.2) is 16.0 Å². The SMILES string of the molecule is Cc1nc(Cl)c(N2c3ccccc3CCC2C)nc1C. The fourth-order valence-electron chi connectivity index (χ4n) is 2.73. The van der Waals surface area contributed by atoms with Crippen LogP contribution in [0.15, 0.2) is 24.3 Å². The zero-order valence-corrected chi connectivity index (χ0v) is 12.8. The Bertz CT molecular complexity index is 654. The lowest BCUT2D eigenvalue weighted by Crippen LogP contribution is -2.34. The quantitative estimate of drug-likeness (QED) is 0.786. The van der Waals surface area contributed by atoms with Gasteiger partial charge in [-0.2, -0.15) is 0 Å². The summed E-state index contributed by atoms with van der Waals surface area (Å²) in [7, 11) is 0. The molecule has 1 aromatic heterocycles. The van der Waals surface area contributed by atoms with Crippen molar-refractivity contribution in [1.29, 1.82) is 0 Å². The van der Waals surface area contributed by atoms with Crippen molar-refractivity contribution in [3.8, 4) is 0 Å². The van der Waals surface area contributed by atoms with Crippen molar-refractivity contribution in [3.05, 3.63) is 46.4 Å². The van der Waals surface area contributed by atoms with Crippen molar-refractivity contribution in [2.24, 2.45) is 0 Å². The third-order valence-electron chi connectivity index (χ3n) is 4.00. The molecule has 0 saturated carbocycles. The van der Waals surface area contributed by atoms with Crippen LogP contribution >= 0.6 is 11.6 Å². The summed E-state index contributed by atoms with van der Waals surface area (Å²) in [6.07, 6.45) is 2.20. The molecule has 104 valence electrons. The lowest BCUT2D eigenvalue weighted by Gasteiger charge is -2.36. The Kier molecular flexibility index (Phi) is 3.38. The standard InChI is InChI=1S/C16H18ClN3/c1-10-8-9-13-6-4-5-7-14(13)20(10)16-15(17)18-11(2)12(3)19-16/h4-7,10H,8-9H2,1-3H3. The van der Waals surface area contributed by atoms with E-state index in [1.165, 1.54) is 11.3 Å². The monoisotopic (exact) mass is 287 g/mol. The van der Waals surface area contributed by atoms with Gasteiger partial charge in [-0.3, -0.25) is 0 Å². The average Bonchev–Trinajstić information content (AvgIpc) is 2.43. The summed E-state index contributed by atoms with van der Waals surface area (Å²) in [4.78, 5) is 11.3. The van der Waals surface area contributed by atoms with Crippen LogP contribution in [-0.2, 0) is 6.42 Å². The van der Waals surface area contributed by atoms with Gasteiger partial charge in [0.25, 0.3) is 0 Å². The summed E-state index contributed by atoms with van der Waals surface area (Å²) in [6.45, 7) is 6.12. The number of aryl methyl sites for hydroxylation is 3. The number of hydrogen-bond acceptors (Lipinski definition) is 3. The third-order valence-corrected chi connectivity index (χ3v) is 4.25. The van der Waals surface area contributed by atoms with Crippen LogP contribution in [0.2, 0.25) is 5.15 Å². The second-order valence-corrected chi connectivity index (χ2v) is 5.75. The predicted molar refractivity (Wildman–Crippen MR) is 82.9 cm³/mol. The van der Waals surface area contributed by atoms with E-state index in [1.54, 1.807) is 0 Å². The van der Waals surface area contributed by atoms with E-state index in [1.807, 2.05) is 13.8 Å². The first-order valence-electron chi connectivity index (χ1n) is 6.96. The average molecular weight is 288 g/mol. The maximum atomic E-state index is 6.35. The first-order valence-corrected chi connectivity index (χ1v) is 7.33. The maximum absolute atomic E-state index is 6.35. The predicted octanol–water partition coefficient (Wildman–Crippen LogP) is 4.22. The van der Waals surface area contributed by atoms with Crippen LogP contribution in [0.25, 0.3) is 0 Å². The van der Waals surface area contributed by atoms with Crippen molar-refractivity contribution >= 4 is 23.1 Å². The van der Waals surface area contributed by atoms with Crippen LogP contribution in [0.4, 0.5) is 11.5 Å². The first-order chi connectivity index (χ1) is 9.58. The van der Waals surface area contributed by atoms with E-state index in [0.29, 0.717) is 11.2 Å². The van der Waals surface area contributed by atoms with Crippen molar-refractivity contribution < 1.29 is 0 Å². The molecule has 0 spiro atoms. The van der Waals surface area contributed by atoms with Gasteiger partial charge in [-0.1, -0.05) is 29.8 Å². The van der Waals surface area contributed by atoms with E-state index in [9.17, 15) is 0 Å². The highest BCUT2D eigenvalue weighted by atomic mass is 35.5. The largest absolute Gasteiger partial charge is 0.321 e. The van der Waals surface area contributed by atoms with Crippen LogP contribution in [0, 0.1) is 13.8 Å². The molecule has 1 unspecified atom stereocenters. The summed E-state index contributed by atoms with van der Waals surface area (Å²) in [5.41, 5.74) is 4.36. The minimum atomic E-state index is 0.374. The van der Waals surface area contributed by atoms with Crippen molar-refractivity contribution in [2.75, 3.05) is 4.90 Å².